The van der Waals surface area contributed by atoms with Gasteiger partial charge in [0.05, 0.1) is 17.4 Å². The zero-order valence-corrected chi connectivity index (χ0v) is 22.7. The summed E-state index contributed by atoms with van der Waals surface area (Å²) in [6.45, 7) is 6.48. The first-order valence-electron chi connectivity index (χ1n) is 13.0. The van der Waals surface area contributed by atoms with Crippen molar-refractivity contribution >= 4 is 36.6 Å². The molecule has 0 N–H and O–H groups in total. The fourth-order valence-corrected chi connectivity index (χ4v) is 6.97. The molecule has 0 aliphatic carbocycles. The molecule has 0 saturated carbocycles. The number of hydrogen-bond donors (Lipinski definition) is 0. The molecular weight excluding hydrogens is 492 g/mol. The number of hydrogen-bond acceptors (Lipinski definition) is 4. The van der Waals surface area contributed by atoms with E-state index < -0.39 is 10.5 Å². The van der Waals surface area contributed by atoms with Gasteiger partial charge in [-0.05, 0) is 53.8 Å². The molecule has 5 rings (SSSR count). The maximum absolute atomic E-state index is 13.6. The Hall–Kier alpha value is -3.96. The van der Waals surface area contributed by atoms with Gasteiger partial charge in [-0.3, -0.25) is 4.79 Å². The van der Waals surface area contributed by atoms with Crippen LogP contribution in [0.25, 0.3) is 36.2 Å². The minimum Gasteiger partial charge on any atom is -0.481 e. The van der Waals surface area contributed by atoms with E-state index in [1.807, 2.05) is 61.5 Å². The lowest BCUT2D eigenvalue weighted by Gasteiger charge is -2.13. The molecule has 0 aliphatic rings. The van der Waals surface area contributed by atoms with Crippen LogP contribution in [0.1, 0.15) is 38.7 Å². The van der Waals surface area contributed by atoms with Crippen LogP contribution in [0.2, 0.25) is 0 Å². The lowest BCUT2D eigenvalue weighted by atomic mass is 10.0. The Balaban J connectivity index is 1.71. The molecule has 0 amide bonds. The van der Waals surface area contributed by atoms with Gasteiger partial charge in [0.15, 0.2) is 20.9 Å². The van der Waals surface area contributed by atoms with Crippen LogP contribution in [-0.4, -0.2) is 19.2 Å². The standard InChI is InChI=1S/C33H31O4S/c1-4-18-36-32(34)21-37-29-16-15-25(20-27(29)23-10-6-5-7-11-23)38-30-13-9-8-12-26(30)33(35)28-19-24(22(2)3)14-17-31(28)38/h5-17,19-20,22H,4,18,21H2,1-3H3/q+1. The predicted molar refractivity (Wildman–Crippen MR) is 158 cm³/mol. The highest BCUT2D eigenvalue weighted by molar-refractivity contribution is 7.49. The Morgan fingerprint density at radius 3 is 2.34 bits per heavy atom. The maximum Gasteiger partial charge on any atom is 0.344 e. The topological polar surface area (TPSA) is 52.6 Å². The van der Waals surface area contributed by atoms with Crippen LogP contribution in [-0.2, 0) is 9.53 Å². The van der Waals surface area contributed by atoms with Crippen LogP contribution in [0.3, 0.4) is 0 Å². The van der Waals surface area contributed by atoms with Crippen LogP contribution < -0.4 is 10.2 Å². The molecule has 1 atom stereocenters. The van der Waals surface area contributed by atoms with E-state index in [9.17, 15) is 9.59 Å². The van der Waals surface area contributed by atoms with E-state index in [4.69, 9.17) is 9.47 Å². The van der Waals surface area contributed by atoms with Gasteiger partial charge in [0.1, 0.15) is 5.75 Å². The minimum absolute atomic E-state index is 0.0793. The summed E-state index contributed by atoms with van der Waals surface area (Å²) in [6, 6.07) is 30.4. The van der Waals surface area contributed by atoms with Gasteiger partial charge >= 0.3 is 5.97 Å². The number of benzene rings is 4. The number of rotatable bonds is 8. The van der Waals surface area contributed by atoms with E-state index in [2.05, 4.69) is 50.2 Å². The van der Waals surface area contributed by atoms with Crippen LogP contribution >= 0.6 is 10.5 Å². The van der Waals surface area contributed by atoms with Crippen molar-refractivity contribution in [3.63, 3.8) is 0 Å². The predicted octanol–water partition coefficient (Wildman–Crippen LogP) is 8.21. The lowest BCUT2D eigenvalue weighted by molar-refractivity contribution is -0.146. The molecule has 0 saturated heterocycles. The summed E-state index contributed by atoms with van der Waals surface area (Å²) >= 11 is 0. The SMILES string of the molecule is CCCOC(=O)COc1ccc(-[s+]2c3ccccc3c(=O)c3cc(C(C)C)ccc32)cc1-c1ccccc1. The van der Waals surface area contributed by atoms with Gasteiger partial charge in [-0.25, -0.2) is 4.79 Å². The number of ether oxygens (including phenoxy) is 2. The van der Waals surface area contributed by atoms with Gasteiger partial charge in [0.2, 0.25) is 5.43 Å². The Morgan fingerprint density at radius 2 is 1.58 bits per heavy atom. The van der Waals surface area contributed by atoms with Gasteiger partial charge < -0.3 is 9.47 Å². The second-order valence-corrected chi connectivity index (χ2v) is 11.5. The molecule has 1 aromatic heterocycles. The fraction of sp³-hybridized carbons (Fsp3) is 0.212. The van der Waals surface area contributed by atoms with Crippen molar-refractivity contribution in [2.75, 3.05) is 13.2 Å². The first-order valence-corrected chi connectivity index (χ1v) is 14.2. The molecule has 4 nitrogen and oxygen atoms in total. The van der Waals surface area contributed by atoms with Gasteiger partial charge in [-0.15, -0.1) is 0 Å². The number of carbonyl (C=O) groups excluding carboxylic acids is 1. The second-order valence-electron chi connectivity index (χ2n) is 9.57. The van der Waals surface area contributed by atoms with Crippen LogP contribution in [0.5, 0.6) is 5.75 Å². The first kappa shape index (κ1) is 25.7. The molecule has 38 heavy (non-hydrogen) atoms. The molecule has 0 bridgehead atoms. The Labute approximate surface area is 225 Å². The van der Waals surface area contributed by atoms with Crippen LogP contribution in [0.4, 0.5) is 0 Å². The first-order chi connectivity index (χ1) is 18.5. The van der Waals surface area contributed by atoms with Crippen molar-refractivity contribution in [3.8, 4) is 21.8 Å². The Bertz CT molecular complexity index is 1670. The highest BCUT2D eigenvalue weighted by Gasteiger charge is 2.25. The molecule has 0 aliphatic heterocycles. The van der Waals surface area contributed by atoms with Crippen molar-refractivity contribution in [2.24, 2.45) is 0 Å². The third-order valence-electron chi connectivity index (χ3n) is 6.57. The highest BCUT2D eigenvalue weighted by atomic mass is 32.2. The molecule has 192 valence electrons. The Morgan fingerprint density at radius 1 is 0.842 bits per heavy atom. The van der Waals surface area contributed by atoms with E-state index in [1.165, 1.54) is 0 Å². The molecule has 5 heteroatoms. The van der Waals surface area contributed by atoms with Gasteiger partial charge in [-0.2, -0.15) is 0 Å². The lowest BCUT2D eigenvalue weighted by Crippen LogP contribution is -2.15. The van der Waals surface area contributed by atoms with Gasteiger partial charge in [0.25, 0.3) is 0 Å². The van der Waals surface area contributed by atoms with E-state index >= 15 is 0 Å². The zero-order chi connectivity index (χ0) is 26.6. The third-order valence-corrected chi connectivity index (χ3v) is 8.89. The average molecular weight is 524 g/mol. The smallest absolute Gasteiger partial charge is 0.344 e. The largest absolute Gasteiger partial charge is 0.481 e. The summed E-state index contributed by atoms with van der Waals surface area (Å²) in [5, 5.41) is 1.53. The van der Waals surface area contributed by atoms with Crippen molar-refractivity contribution < 1.29 is 14.3 Å². The second kappa shape index (κ2) is 11.2. The molecule has 0 spiro atoms. The van der Waals surface area contributed by atoms with Crippen molar-refractivity contribution in [3.05, 3.63) is 107 Å². The quantitative estimate of drug-likeness (QED) is 0.117. The average Bonchev–Trinajstić information content (AvgIpc) is 2.95. The van der Waals surface area contributed by atoms with E-state index in [-0.39, 0.29) is 18.0 Å². The van der Waals surface area contributed by atoms with Gasteiger partial charge in [0, 0.05) is 28.2 Å². The summed E-state index contributed by atoms with van der Waals surface area (Å²) in [7, 11) is -0.477. The van der Waals surface area contributed by atoms with E-state index in [0.29, 0.717) is 18.3 Å². The van der Waals surface area contributed by atoms with E-state index in [1.54, 1.807) is 0 Å². The highest BCUT2D eigenvalue weighted by Crippen LogP contribution is 2.46. The number of fused-ring (bicyclic) bond motifs is 2. The molecule has 0 radical (unpaired) electrons. The van der Waals surface area contributed by atoms with Crippen molar-refractivity contribution in [1.82, 2.24) is 0 Å². The Kier molecular flexibility index (Phi) is 7.57. The van der Waals surface area contributed by atoms with Crippen LogP contribution in [0, 0.1) is 0 Å². The van der Waals surface area contributed by atoms with Crippen molar-refractivity contribution in [2.45, 2.75) is 33.1 Å². The minimum atomic E-state index is -0.477. The number of esters is 1. The monoisotopic (exact) mass is 523 g/mol. The molecular formula is C33H31O4S+. The fourth-order valence-electron chi connectivity index (χ4n) is 4.61. The summed E-state index contributed by atoms with van der Waals surface area (Å²) in [6.07, 6.45) is 0.766. The summed E-state index contributed by atoms with van der Waals surface area (Å²) in [5.41, 5.74) is 3.12. The molecule has 1 unspecified atom stereocenters. The zero-order valence-electron chi connectivity index (χ0n) is 21.9. The normalized spacial score (nSPS) is 11.7. The summed E-state index contributed by atoms with van der Waals surface area (Å²) < 4.78 is 13.2. The summed E-state index contributed by atoms with van der Waals surface area (Å²) in [5.74, 6) is 0.567. The molecule has 1 heterocycles. The summed E-state index contributed by atoms with van der Waals surface area (Å²) in [4.78, 5) is 26.8. The molecule has 5 aromatic rings. The van der Waals surface area contributed by atoms with Gasteiger partial charge in [-0.1, -0.05) is 69.3 Å². The maximum atomic E-state index is 13.6. The molecule has 4 aromatic carbocycles. The van der Waals surface area contributed by atoms with Crippen molar-refractivity contribution in [1.29, 1.82) is 0 Å². The molecule has 0 fully saturated rings. The van der Waals surface area contributed by atoms with Crippen LogP contribution in [0.15, 0.2) is 95.8 Å². The van der Waals surface area contributed by atoms with E-state index in [0.717, 1.165) is 48.2 Å². The third kappa shape index (κ3) is 5.07. The number of carbonyl (C=O) groups is 1.